The van der Waals surface area contributed by atoms with E-state index in [9.17, 15) is 9.90 Å². The molecule has 0 saturated heterocycles. The van der Waals surface area contributed by atoms with Gasteiger partial charge in [0.05, 0.1) is 6.54 Å². The van der Waals surface area contributed by atoms with Crippen LogP contribution in [0.5, 0.6) is 0 Å². The van der Waals surface area contributed by atoms with Crippen molar-refractivity contribution >= 4 is 5.91 Å². The van der Waals surface area contributed by atoms with Crippen molar-refractivity contribution in [1.29, 1.82) is 0 Å². The number of hydrogen-bond donors (Lipinski definition) is 2. The van der Waals surface area contributed by atoms with Crippen molar-refractivity contribution < 1.29 is 14.6 Å². The van der Waals surface area contributed by atoms with Gasteiger partial charge in [-0.3, -0.25) is 4.79 Å². The summed E-state index contributed by atoms with van der Waals surface area (Å²) >= 11 is 0. The van der Waals surface area contributed by atoms with Crippen LogP contribution in [0.25, 0.3) is 0 Å². The number of hydrogen-bond acceptors (Lipinski definition) is 4. The molecule has 2 unspecified atom stereocenters. The summed E-state index contributed by atoms with van der Waals surface area (Å²) in [6, 6.07) is 0. The summed E-state index contributed by atoms with van der Waals surface area (Å²) in [5.41, 5.74) is 0. The number of methoxy groups -OCH3 is 1. The highest BCUT2D eigenvalue weighted by molar-refractivity contribution is 5.78. The molecule has 2 atom stereocenters. The number of allylic oxidation sites excluding steroid dienone is 1. The van der Waals surface area contributed by atoms with Crippen molar-refractivity contribution in [3.05, 3.63) is 24.8 Å². The van der Waals surface area contributed by atoms with Gasteiger partial charge < -0.3 is 20.1 Å². The first kappa shape index (κ1) is 18.8. The van der Waals surface area contributed by atoms with Crippen LogP contribution in [0.3, 0.4) is 0 Å². The van der Waals surface area contributed by atoms with Crippen molar-refractivity contribution in [3.63, 3.8) is 0 Å². The maximum Gasteiger partial charge on any atom is 0.236 e. The molecular weight excluding hydrogens is 256 g/mol. The Hall–Kier alpha value is -1.17. The van der Waals surface area contributed by atoms with Crippen LogP contribution in [0.15, 0.2) is 24.8 Å². The van der Waals surface area contributed by atoms with Crippen molar-refractivity contribution in [2.45, 2.75) is 26.1 Å². The van der Waals surface area contributed by atoms with E-state index in [1.54, 1.807) is 24.9 Å². The Morgan fingerprint density at radius 2 is 2.25 bits per heavy atom. The molecule has 1 amide bonds. The highest BCUT2D eigenvalue weighted by Gasteiger charge is 2.28. The Morgan fingerprint density at radius 1 is 1.60 bits per heavy atom. The number of carbonyl (C=O) groups excluding carboxylic acids is 1. The normalized spacial score (nSPS) is 15.8. The average Bonchev–Trinajstić information content (AvgIpc) is 2.42. The molecule has 0 aromatic rings. The van der Waals surface area contributed by atoms with E-state index in [-0.39, 0.29) is 11.8 Å². The number of amides is 1. The zero-order valence-corrected chi connectivity index (χ0v) is 13.1. The van der Waals surface area contributed by atoms with Gasteiger partial charge in [-0.15, -0.1) is 6.58 Å². The lowest BCUT2D eigenvalue weighted by Gasteiger charge is -2.29. The van der Waals surface area contributed by atoms with Crippen molar-refractivity contribution in [3.8, 4) is 0 Å². The second kappa shape index (κ2) is 9.69. The second-order valence-electron chi connectivity index (χ2n) is 4.78. The topological polar surface area (TPSA) is 61.8 Å². The molecule has 0 rings (SSSR count). The average molecular weight is 284 g/mol. The number of nitrogens with one attached hydrogen (secondary N) is 1. The third kappa shape index (κ3) is 6.32. The summed E-state index contributed by atoms with van der Waals surface area (Å²) in [6.45, 7) is 8.74. The van der Waals surface area contributed by atoms with Crippen LogP contribution in [0.2, 0.25) is 0 Å². The summed E-state index contributed by atoms with van der Waals surface area (Å²) in [5, 5.41) is 13.0. The molecule has 0 saturated carbocycles. The zero-order chi connectivity index (χ0) is 15.6. The molecule has 0 aliphatic carbocycles. The second-order valence-corrected chi connectivity index (χ2v) is 4.78. The lowest BCUT2D eigenvalue weighted by atomic mass is 9.95. The SMILES string of the molecule is C=CCC(/C=C/CN(CC)C(=O)CNC)C(C)(O)OC. The quantitative estimate of drug-likeness (QED) is 0.467. The van der Waals surface area contributed by atoms with Crippen LogP contribution in [0.4, 0.5) is 0 Å². The van der Waals surface area contributed by atoms with Crippen LogP contribution in [-0.4, -0.2) is 55.5 Å². The minimum atomic E-state index is -1.24. The van der Waals surface area contributed by atoms with Crippen molar-refractivity contribution in [2.75, 3.05) is 33.8 Å². The molecule has 116 valence electrons. The summed E-state index contributed by atoms with van der Waals surface area (Å²) in [7, 11) is 3.22. The van der Waals surface area contributed by atoms with E-state index in [4.69, 9.17) is 4.74 Å². The number of carbonyl (C=O) groups is 1. The standard InChI is InChI=1S/C15H28N2O3/c1-6-9-13(15(3,19)20-5)10-8-11-17(7-2)14(18)12-16-4/h6,8,10,13,16,19H,1,7,9,11-12H2,2-5H3/b10-8+. The molecule has 20 heavy (non-hydrogen) atoms. The molecular formula is C15H28N2O3. The fourth-order valence-corrected chi connectivity index (χ4v) is 1.83. The lowest BCUT2D eigenvalue weighted by Crippen LogP contribution is -2.37. The summed E-state index contributed by atoms with van der Waals surface area (Å²) in [4.78, 5) is 13.5. The predicted molar refractivity (Wildman–Crippen MR) is 81.3 cm³/mol. The monoisotopic (exact) mass is 284 g/mol. The van der Waals surface area contributed by atoms with Gasteiger partial charge in [-0.1, -0.05) is 18.2 Å². The smallest absolute Gasteiger partial charge is 0.236 e. The Kier molecular flexibility index (Phi) is 9.12. The van der Waals surface area contributed by atoms with Crippen LogP contribution >= 0.6 is 0 Å². The first-order chi connectivity index (χ1) is 9.42. The van der Waals surface area contributed by atoms with Gasteiger partial charge in [0.25, 0.3) is 0 Å². The van der Waals surface area contributed by atoms with Crippen LogP contribution in [-0.2, 0) is 9.53 Å². The summed E-state index contributed by atoms with van der Waals surface area (Å²) in [6.07, 6.45) is 6.11. The molecule has 0 spiro atoms. The summed E-state index contributed by atoms with van der Waals surface area (Å²) < 4.78 is 5.09. The van der Waals surface area contributed by atoms with Crippen LogP contribution in [0, 0.1) is 5.92 Å². The Bertz CT molecular complexity index is 327. The maximum atomic E-state index is 11.8. The van der Waals surface area contributed by atoms with E-state index in [1.165, 1.54) is 7.11 Å². The third-order valence-corrected chi connectivity index (χ3v) is 3.28. The number of rotatable bonds is 10. The van der Waals surface area contributed by atoms with Crippen molar-refractivity contribution in [2.24, 2.45) is 5.92 Å². The highest BCUT2D eigenvalue weighted by atomic mass is 16.6. The van der Waals surface area contributed by atoms with E-state index >= 15 is 0 Å². The molecule has 0 fully saturated rings. The third-order valence-electron chi connectivity index (χ3n) is 3.28. The maximum absolute atomic E-state index is 11.8. The number of nitrogens with zero attached hydrogens (tertiary/aromatic N) is 1. The molecule has 0 aromatic carbocycles. The van der Waals surface area contributed by atoms with Gasteiger partial charge in [0.2, 0.25) is 5.91 Å². The van der Waals surface area contributed by atoms with Gasteiger partial charge in [0.1, 0.15) is 0 Å². The number of aliphatic hydroxyl groups is 1. The molecule has 2 N–H and O–H groups in total. The van der Waals surface area contributed by atoms with Gasteiger partial charge >= 0.3 is 0 Å². The molecule has 5 nitrogen and oxygen atoms in total. The number of ether oxygens (including phenoxy) is 1. The molecule has 0 heterocycles. The van der Waals surface area contributed by atoms with E-state index < -0.39 is 5.79 Å². The molecule has 0 radical (unpaired) electrons. The number of likely N-dealkylation sites (N-methyl/N-ethyl adjacent to an activating group) is 2. The zero-order valence-electron chi connectivity index (χ0n) is 13.1. The first-order valence-electron chi connectivity index (χ1n) is 6.90. The largest absolute Gasteiger partial charge is 0.365 e. The van der Waals surface area contributed by atoms with Gasteiger partial charge in [-0.25, -0.2) is 0 Å². The van der Waals surface area contributed by atoms with Gasteiger partial charge in [0, 0.05) is 26.1 Å². The van der Waals surface area contributed by atoms with E-state index in [0.29, 0.717) is 26.1 Å². The van der Waals surface area contributed by atoms with Gasteiger partial charge in [-0.2, -0.15) is 0 Å². The Labute approximate surface area is 122 Å². The van der Waals surface area contributed by atoms with Gasteiger partial charge in [0.15, 0.2) is 5.79 Å². The molecule has 0 bridgehead atoms. The molecule has 0 aliphatic heterocycles. The fraction of sp³-hybridized carbons (Fsp3) is 0.667. The molecule has 0 aromatic heterocycles. The van der Waals surface area contributed by atoms with Crippen LogP contribution < -0.4 is 5.32 Å². The Morgan fingerprint density at radius 3 is 2.70 bits per heavy atom. The lowest BCUT2D eigenvalue weighted by molar-refractivity contribution is -0.195. The first-order valence-corrected chi connectivity index (χ1v) is 6.90. The van der Waals surface area contributed by atoms with E-state index in [1.807, 2.05) is 19.1 Å². The Balaban J connectivity index is 4.63. The minimum Gasteiger partial charge on any atom is -0.365 e. The van der Waals surface area contributed by atoms with E-state index in [2.05, 4.69) is 11.9 Å². The van der Waals surface area contributed by atoms with E-state index in [0.717, 1.165) is 0 Å². The predicted octanol–water partition coefficient (Wildman–Crippen LogP) is 1.16. The minimum absolute atomic E-state index is 0.0541. The van der Waals surface area contributed by atoms with Crippen molar-refractivity contribution in [1.82, 2.24) is 10.2 Å². The summed E-state index contributed by atoms with van der Waals surface area (Å²) in [5.74, 6) is -1.38. The highest BCUT2D eigenvalue weighted by Crippen LogP contribution is 2.23. The molecule has 0 aliphatic rings. The fourth-order valence-electron chi connectivity index (χ4n) is 1.83. The van der Waals surface area contributed by atoms with Gasteiger partial charge in [-0.05, 0) is 27.3 Å². The van der Waals surface area contributed by atoms with Crippen LogP contribution in [0.1, 0.15) is 20.3 Å². The molecule has 5 heteroatoms.